The summed E-state index contributed by atoms with van der Waals surface area (Å²) in [5.41, 5.74) is 1.13. The summed E-state index contributed by atoms with van der Waals surface area (Å²) < 4.78 is 0. The summed E-state index contributed by atoms with van der Waals surface area (Å²) in [5.74, 6) is 0.655. The van der Waals surface area contributed by atoms with Crippen molar-refractivity contribution in [1.82, 2.24) is 15.3 Å². The van der Waals surface area contributed by atoms with Gasteiger partial charge in [-0.3, -0.25) is 5.41 Å². The second-order valence-electron chi connectivity index (χ2n) is 3.29. The van der Waals surface area contributed by atoms with E-state index in [1.165, 1.54) is 0 Å². The van der Waals surface area contributed by atoms with Gasteiger partial charge in [0.25, 0.3) is 0 Å². The minimum absolute atomic E-state index is 0.240. The Morgan fingerprint density at radius 2 is 1.75 bits per heavy atom. The van der Waals surface area contributed by atoms with Gasteiger partial charge in [0.2, 0.25) is 0 Å². The quantitative estimate of drug-likeness (QED) is 0.600. The van der Waals surface area contributed by atoms with E-state index >= 15 is 0 Å². The lowest BCUT2D eigenvalue weighted by molar-refractivity contribution is 0.892. The maximum absolute atomic E-state index is 7.74. The van der Waals surface area contributed by atoms with Crippen LogP contribution in [0.3, 0.4) is 0 Å². The van der Waals surface area contributed by atoms with Crippen molar-refractivity contribution < 1.29 is 0 Å². The van der Waals surface area contributed by atoms with Gasteiger partial charge in [0.1, 0.15) is 0 Å². The van der Waals surface area contributed by atoms with E-state index in [1.807, 2.05) is 30.3 Å². The molecule has 1 aromatic heterocycles. The topological polar surface area (TPSA) is 61.7 Å². The van der Waals surface area contributed by atoms with Crippen molar-refractivity contribution in [3.8, 4) is 0 Å². The summed E-state index contributed by atoms with van der Waals surface area (Å²) >= 11 is 0. The first-order valence-electron chi connectivity index (χ1n) is 5.00. The predicted molar refractivity (Wildman–Crippen MR) is 62.1 cm³/mol. The van der Waals surface area contributed by atoms with Crippen LogP contribution in [0, 0.1) is 5.41 Å². The van der Waals surface area contributed by atoms with Crippen molar-refractivity contribution >= 4 is 5.84 Å². The molecule has 0 amide bonds. The summed E-state index contributed by atoms with van der Waals surface area (Å²) in [5, 5.41) is 10.7. The molecule has 0 aliphatic rings. The molecule has 4 nitrogen and oxygen atoms in total. The number of hydrogen-bond donors (Lipinski definition) is 2. The molecular formula is C12H12N4. The van der Waals surface area contributed by atoms with Gasteiger partial charge in [-0.25, -0.2) is 9.97 Å². The lowest BCUT2D eigenvalue weighted by atomic mass is 10.2. The minimum atomic E-state index is 0.240. The van der Waals surface area contributed by atoms with Crippen LogP contribution in [0.15, 0.2) is 48.8 Å². The smallest absolute Gasteiger partial charge is 0.194 e. The average Bonchev–Trinajstić information content (AvgIpc) is 2.38. The zero-order chi connectivity index (χ0) is 11.2. The third-order valence-electron chi connectivity index (χ3n) is 2.10. The molecule has 0 saturated heterocycles. The van der Waals surface area contributed by atoms with Gasteiger partial charge in [-0.1, -0.05) is 30.3 Å². The molecule has 80 valence electrons. The fourth-order valence-electron chi connectivity index (χ4n) is 1.29. The Morgan fingerprint density at radius 1 is 1.06 bits per heavy atom. The highest BCUT2D eigenvalue weighted by atomic mass is 15.0. The highest BCUT2D eigenvalue weighted by molar-refractivity contribution is 5.92. The zero-order valence-corrected chi connectivity index (χ0v) is 8.72. The minimum Gasteiger partial charge on any atom is -0.363 e. The molecular weight excluding hydrogens is 200 g/mol. The van der Waals surface area contributed by atoms with Crippen LogP contribution in [0.25, 0.3) is 0 Å². The summed E-state index contributed by atoms with van der Waals surface area (Å²) in [4.78, 5) is 7.99. The average molecular weight is 212 g/mol. The third kappa shape index (κ3) is 2.63. The molecule has 0 saturated carbocycles. The van der Waals surface area contributed by atoms with Crippen molar-refractivity contribution in [1.29, 1.82) is 5.41 Å². The van der Waals surface area contributed by atoms with Crippen molar-refractivity contribution in [2.24, 2.45) is 0 Å². The summed E-state index contributed by atoms with van der Waals surface area (Å²) in [7, 11) is 0. The Kier molecular flexibility index (Phi) is 3.23. The van der Waals surface area contributed by atoms with Crippen LogP contribution >= 0.6 is 0 Å². The second kappa shape index (κ2) is 5.02. The molecule has 2 rings (SSSR count). The number of nitrogens with one attached hydrogen (secondary N) is 2. The third-order valence-corrected chi connectivity index (χ3v) is 2.10. The van der Waals surface area contributed by atoms with E-state index in [1.54, 1.807) is 18.5 Å². The molecule has 16 heavy (non-hydrogen) atoms. The van der Waals surface area contributed by atoms with E-state index in [9.17, 15) is 0 Å². The van der Waals surface area contributed by atoms with Gasteiger partial charge in [-0.05, 0) is 11.6 Å². The first-order chi connectivity index (χ1) is 7.86. The molecule has 2 N–H and O–H groups in total. The fourth-order valence-corrected chi connectivity index (χ4v) is 1.29. The van der Waals surface area contributed by atoms with Crippen molar-refractivity contribution in [2.45, 2.75) is 6.54 Å². The Morgan fingerprint density at radius 3 is 2.44 bits per heavy atom. The van der Waals surface area contributed by atoms with Crippen LogP contribution in [0.5, 0.6) is 0 Å². The van der Waals surface area contributed by atoms with Gasteiger partial charge < -0.3 is 5.32 Å². The zero-order valence-electron chi connectivity index (χ0n) is 8.72. The molecule has 0 unspecified atom stereocenters. The first-order valence-corrected chi connectivity index (χ1v) is 5.00. The lowest BCUT2D eigenvalue weighted by Gasteiger charge is -2.05. The number of aromatic nitrogens is 2. The number of hydrogen-bond acceptors (Lipinski definition) is 3. The van der Waals surface area contributed by atoms with Gasteiger partial charge in [0, 0.05) is 18.9 Å². The normalized spacial score (nSPS) is 9.75. The Balaban J connectivity index is 1.95. The Hall–Kier alpha value is -2.23. The highest BCUT2D eigenvalue weighted by Crippen LogP contribution is 1.97. The first kappa shape index (κ1) is 10.3. The van der Waals surface area contributed by atoms with E-state index in [2.05, 4.69) is 15.3 Å². The molecule has 0 spiro atoms. The monoisotopic (exact) mass is 212 g/mol. The Bertz CT molecular complexity index is 453. The predicted octanol–water partition coefficient (Wildman–Crippen LogP) is 1.59. The Labute approximate surface area is 93.9 Å². The highest BCUT2D eigenvalue weighted by Gasteiger charge is 2.02. The molecule has 1 aromatic carbocycles. The van der Waals surface area contributed by atoms with Gasteiger partial charge >= 0.3 is 0 Å². The maximum Gasteiger partial charge on any atom is 0.194 e. The van der Waals surface area contributed by atoms with E-state index < -0.39 is 0 Å². The number of benzene rings is 1. The molecule has 4 heteroatoms. The van der Waals surface area contributed by atoms with E-state index in [0.29, 0.717) is 12.4 Å². The lowest BCUT2D eigenvalue weighted by Crippen LogP contribution is -2.24. The molecule has 0 aliphatic heterocycles. The van der Waals surface area contributed by atoms with Crippen LogP contribution in [-0.4, -0.2) is 15.8 Å². The summed E-state index contributed by atoms with van der Waals surface area (Å²) in [6.07, 6.45) is 3.25. The molecule has 0 bridgehead atoms. The van der Waals surface area contributed by atoms with Crippen LogP contribution in [0.2, 0.25) is 0 Å². The fraction of sp³-hybridized carbons (Fsp3) is 0.0833. The van der Waals surface area contributed by atoms with Crippen LogP contribution in [0.4, 0.5) is 0 Å². The number of rotatable bonds is 3. The van der Waals surface area contributed by atoms with Gasteiger partial charge in [0.15, 0.2) is 11.7 Å². The second-order valence-corrected chi connectivity index (χ2v) is 3.29. The van der Waals surface area contributed by atoms with Gasteiger partial charge in [-0.15, -0.1) is 0 Å². The standard InChI is InChI=1S/C12H12N4/c13-11(12-14-7-4-8-15-12)16-9-10-5-2-1-3-6-10/h1-8H,9H2,(H2,13,16). The molecule has 0 radical (unpaired) electrons. The van der Waals surface area contributed by atoms with E-state index in [0.717, 1.165) is 5.56 Å². The van der Waals surface area contributed by atoms with Crippen molar-refractivity contribution in [3.05, 3.63) is 60.2 Å². The summed E-state index contributed by atoms with van der Waals surface area (Å²) in [6.45, 7) is 0.609. The van der Waals surface area contributed by atoms with Crippen molar-refractivity contribution in [3.63, 3.8) is 0 Å². The molecule has 2 aromatic rings. The molecule has 1 heterocycles. The maximum atomic E-state index is 7.74. The van der Waals surface area contributed by atoms with Crippen LogP contribution in [-0.2, 0) is 6.54 Å². The van der Waals surface area contributed by atoms with Crippen LogP contribution in [0.1, 0.15) is 11.4 Å². The van der Waals surface area contributed by atoms with E-state index in [-0.39, 0.29) is 5.84 Å². The van der Waals surface area contributed by atoms with E-state index in [4.69, 9.17) is 5.41 Å². The van der Waals surface area contributed by atoms with Gasteiger partial charge in [-0.2, -0.15) is 0 Å². The van der Waals surface area contributed by atoms with Crippen LogP contribution < -0.4 is 5.32 Å². The molecule has 0 fully saturated rings. The van der Waals surface area contributed by atoms with Crippen molar-refractivity contribution in [2.75, 3.05) is 0 Å². The molecule has 0 atom stereocenters. The molecule has 0 aliphatic carbocycles. The summed E-state index contributed by atoms with van der Waals surface area (Å²) in [6, 6.07) is 11.7. The SMILES string of the molecule is N=C(NCc1ccccc1)c1ncccn1. The van der Waals surface area contributed by atoms with Gasteiger partial charge in [0.05, 0.1) is 0 Å². The number of nitrogens with zero attached hydrogens (tertiary/aromatic N) is 2. The largest absolute Gasteiger partial charge is 0.363 e. The number of amidine groups is 1.